The molecule has 0 radical (unpaired) electrons. The van der Waals surface area contributed by atoms with Crippen molar-refractivity contribution in [2.75, 3.05) is 17.2 Å². The average molecular weight is 308 g/mol. The molecule has 0 atom stereocenters. The number of halogens is 1. The third-order valence-electron chi connectivity index (χ3n) is 2.98. The first-order valence-corrected chi connectivity index (χ1v) is 7.14. The molecule has 21 heavy (non-hydrogen) atoms. The lowest BCUT2D eigenvalue weighted by Gasteiger charge is -2.09. The Morgan fingerprint density at radius 3 is 2.76 bits per heavy atom. The Balaban J connectivity index is 2.22. The molecule has 1 amide bonds. The molecule has 0 aliphatic carbocycles. The fourth-order valence-electron chi connectivity index (χ4n) is 1.86. The number of amides is 1. The number of nitrogens with zero attached hydrogens (tertiary/aromatic N) is 2. The molecule has 0 saturated carbocycles. The number of hydrogen-bond donors (Lipinski definition) is 3. The molecule has 2 heterocycles. The molecular formula is C14H18ClN5O. The molecule has 0 fully saturated rings. The number of aromatic amines is 1. The number of rotatable bonds is 5. The van der Waals surface area contributed by atoms with Gasteiger partial charge in [0.05, 0.1) is 22.1 Å². The van der Waals surface area contributed by atoms with Crippen LogP contribution in [0, 0.1) is 13.8 Å². The molecule has 2 aromatic heterocycles. The molecule has 3 N–H and O–H groups in total. The first kappa shape index (κ1) is 15.3. The number of aryl methyl sites for hydroxylation is 2. The summed E-state index contributed by atoms with van der Waals surface area (Å²) in [7, 11) is 0. The van der Waals surface area contributed by atoms with Gasteiger partial charge >= 0.3 is 0 Å². The van der Waals surface area contributed by atoms with E-state index in [-0.39, 0.29) is 11.6 Å². The van der Waals surface area contributed by atoms with Crippen LogP contribution in [0.3, 0.4) is 0 Å². The van der Waals surface area contributed by atoms with Gasteiger partial charge in [0.2, 0.25) is 0 Å². The summed E-state index contributed by atoms with van der Waals surface area (Å²) < 4.78 is 0. The Morgan fingerprint density at radius 1 is 1.38 bits per heavy atom. The number of aromatic nitrogens is 3. The van der Waals surface area contributed by atoms with Crippen LogP contribution in [0.4, 0.5) is 11.5 Å². The third kappa shape index (κ3) is 3.52. The molecule has 0 saturated heterocycles. The van der Waals surface area contributed by atoms with Crippen LogP contribution in [-0.4, -0.2) is 27.6 Å². The lowest BCUT2D eigenvalue weighted by Crippen LogP contribution is -2.16. The van der Waals surface area contributed by atoms with E-state index in [0.29, 0.717) is 16.5 Å². The van der Waals surface area contributed by atoms with Crippen LogP contribution in [0.1, 0.15) is 35.2 Å². The summed E-state index contributed by atoms with van der Waals surface area (Å²) in [4.78, 5) is 16.6. The topological polar surface area (TPSA) is 82.7 Å². The van der Waals surface area contributed by atoms with E-state index in [4.69, 9.17) is 11.6 Å². The Hall–Kier alpha value is -2.08. The van der Waals surface area contributed by atoms with Gasteiger partial charge in [-0.15, -0.1) is 0 Å². The molecule has 112 valence electrons. The number of hydrogen-bond acceptors (Lipinski definition) is 4. The van der Waals surface area contributed by atoms with Crippen molar-refractivity contribution < 1.29 is 4.79 Å². The van der Waals surface area contributed by atoms with E-state index in [9.17, 15) is 4.79 Å². The van der Waals surface area contributed by atoms with Crippen molar-refractivity contribution in [1.82, 2.24) is 15.2 Å². The first-order valence-electron chi connectivity index (χ1n) is 6.76. The van der Waals surface area contributed by atoms with Crippen molar-refractivity contribution in [3.05, 3.63) is 34.2 Å². The van der Waals surface area contributed by atoms with Crippen LogP contribution in [0.2, 0.25) is 5.02 Å². The van der Waals surface area contributed by atoms with Crippen molar-refractivity contribution in [3.63, 3.8) is 0 Å². The van der Waals surface area contributed by atoms with Crippen LogP contribution < -0.4 is 10.6 Å². The second kappa shape index (κ2) is 6.58. The Morgan fingerprint density at radius 2 is 2.14 bits per heavy atom. The molecule has 2 rings (SSSR count). The van der Waals surface area contributed by atoms with Crippen molar-refractivity contribution in [3.8, 4) is 0 Å². The third-order valence-corrected chi connectivity index (χ3v) is 3.29. The summed E-state index contributed by atoms with van der Waals surface area (Å²) in [5, 5.41) is 13.1. The van der Waals surface area contributed by atoms with Gasteiger partial charge in [0.1, 0.15) is 11.5 Å². The molecule has 0 spiro atoms. The van der Waals surface area contributed by atoms with Crippen LogP contribution in [-0.2, 0) is 0 Å². The molecule has 6 nitrogen and oxygen atoms in total. The van der Waals surface area contributed by atoms with Gasteiger partial charge in [-0.2, -0.15) is 5.10 Å². The van der Waals surface area contributed by atoms with Crippen LogP contribution >= 0.6 is 11.6 Å². The number of H-pyrrole nitrogens is 1. The van der Waals surface area contributed by atoms with Gasteiger partial charge in [-0.3, -0.25) is 9.89 Å². The normalized spacial score (nSPS) is 10.5. The van der Waals surface area contributed by atoms with Gasteiger partial charge in [0.15, 0.2) is 0 Å². The highest BCUT2D eigenvalue weighted by Crippen LogP contribution is 2.21. The van der Waals surface area contributed by atoms with Crippen molar-refractivity contribution in [1.29, 1.82) is 0 Å². The van der Waals surface area contributed by atoms with Crippen LogP contribution in [0.25, 0.3) is 0 Å². The summed E-state index contributed by atoms with van der Waals surface area (Å²) in [6.07, 6.45) is 0.971. The van der Waals surface area contributed by atoms with E-state index in [1.54, 1.807) is 12.1 Å². The fraction of sp³-hybridized carbons (Fsp3) is 0.357. The number of anilines is 2. The zero-order valence-corrected chi connectivity index (χ0v) is 13.0. The maximum atomic E-state index is 12.3. The van der Waals surface area contributed by atoms with E-state index < -0.39 is 0 Å². The molecule has 2 aromatic rings. The predicted molar refractivity (Wildman–Crippen MR) is 84.0 cm³/mol. The van der Waals surface area contributed by atoms with Gasteiger partial charge in [-0.25, -0.2) is 4.98 Å². The minimum atomic E-state index is -0.354. The fourth-order valence-corrected chi connectivity index (χ4v) is 2.05. The summed E-state index contributed by atoms with van der Waals surface area (Å²) in [5.74, 6) is 0.278. The molecule has 0 aliphatic heterocycles. The van der Waals surface area contributed by atoms with Crippen LogP contribution in [0.15, 0.2) is 12.1 Å². The summed E-state index contributed by atoms with van der Waals surface area (Å²) in [5.41, 5.74) is 2.36. The molecule has 0 unspecified atom stereocenters. The highest BCUT2D eigenvalue weighted by atomic mass is 35.5. The minimum Gasteiger partial charge on any atom is -0.370 e. The largest absolute Gasteiger partial charge is 0.370 e. The average Bonchev–Trinajstić information content (AvgIpc) is 2.78. The molecular weight excluding hydrogens is 290 g/mol. The number of carbonyl (C=O) groups excluding carboxylic acids is 1. The van der Waals surface area contributed by atoms with Crippen molar-refractivity contribution >= 4 is 29.0 Å². The molecule has 7 heteroatoms. The summed E-state index contributed by atoms with van der Waals surface area (Å²) in [6, 6.07) is 3.42. The van der Waals surface area contributed by atoms with E-state index in [0.717, 1.165) is 24.4 Å². The van der Waals surface area contributed by atoms with Crippen molar-refractivity contribution in [2.45, 2.75) is 27.2 Å². The molecule has 0 aromatic carbocycles. The van der Waals surface area contributed by atoms with E-state index in [1.165, 1.54) is 0 Å². The maximum Gasteiger partial charge on any atom is 0.275 e. The quantitative estimate of drug-likeness (QED) is 0.792. The van der Waals surface area contributed by atoms with Gasteiger partial charge in [-0.05, 0) is 32.4 Å². The molecule has 0 bridgehead atoms. The first-order chi connectivity index (χ1) is 10.0. The maximum absolute atomic E-state index is 12.3. The number of pyridine rings is 1. The summed E-state index contributed by atoms with van der Waals surface area (Å²) in [6.45, 7) is 6.49. The van der Waals surface area contributed by atoms with Gasteiger partial charge in [0, 0.05) is 6.54 Å². The van der Waals surface area contributed by atoms with E-state index >= 15 is 0 Å². The predicted octanol–water partition coefficient (Wildman–Crippen LogP) is 3.15. The van der Waals surface area contributed by atoms with E-state index in [2.05, 4.69) is 32.7 Å². The number of carbonyl (C=O) groups is 1. The summed E-state index contributed by atoms with van der Waals surface area (Å²) >= 11 is 6.07. The van der Waals surface area contributed by atoms with Gasteiger partial charge < -0.3 is 10.6 Å². The highest BCUT2D eigenvalue weighted by Gasteiger charge is 2.16. The standard InChI is InChI=1S/C14H18ClN5O/c1-4-7-16-11-6-5-10(15)13(17-11)14(21)18-12-8(2)19-20-9(12)3/h5-6H,4,7H2,1-3H3,(H,16,17)(H,18,21)(H,19,20). The lowest BCUT2D eigenvalue weighted by atomic mass is 10.2. The smallest absolute Gasteiger partial charge is 0.275 e. The number of nitrogens with one attached hydrogen (secondary N) is 3. The lowest BCUT2D eigenvalue weighted by molar-refractivity contribution is 0.102. The second-order valence-corrected chi connectivity index (χ2v) is 5.12. The molecule has 0 aliphatic rings. The second-order valence-electron chi connectivity index (χ2n) is 4.72. The van der Waals surface area contributed by atoms with E-state index in [1.807, 2.05) is 13.8 Å². The minimum absolute atomic E-state index is 0.192. The monoisotopic (exact) mass is 307 g/mol. The highest BCUT2D eigenvalue weighted by molar-refractivity contribution is 6.34. The Kier molecular flexibility index (Phi) is 4.80. The van der Waals surface area contributed by atoms with Gasteiger partial charge in [0.25, 0.3) is 5.91 Å². The zero-order chi connectivity index (χ0) is 15.4. The van der Waals surface area contributed by atoms with Crippen molar-refractivity contribution in [2.24, 2.45) is 0 Å². The zero-order valence-electron chi connectivity index (χ0n) is 12.2. The SMILES string of the molecule is CCCNc1ccc(Cl)c(C(=O)Nc2c(C)n[nH]c2C)n1. The Bertz CT molecular complexity index is 633. The Labute approximate surface area is 128 Å². The van der Waals surface area contributed by atoms with Gasteiger partial charge in [-0.1, -0.05) is 18.5 Å². The van der Waals surface area contributed by atoms with Crippen LogP contribution in [0.5, 0.6) is 0 Å².